The molecule has 84 valence electrons. The van der Waals surface area contributed by atoms with E-state index >= 15 is 0 Å². The van der Waals surface area contributed by atoms with Gasteiger partial charge in [-0.1, -0.05) is 32.0 Å². The van der Waals surface area contributed by atoms with E-state index in [4.69, 9.17) is 0 Å². The molecule has 2 N–H and O–H groups in total. The first kappa shape index (κ1) is 12.1. The first-order valence-electron chi connectivity index (χ1n) is 5.23. The molecule has 0 heterocycles. The summed E-state index contributed by atoms with van der Waals surface area (Å²) in [5.41, 5.74) is 0.633. The van der Waals surface area contributed by atoms with E-state index in [0.29, 0.717) is 18.7 Å². The number of halogens is 1. The van der Waals surface area contributed by atoms with Crippen molar-refractivity contribution in [2.24, 2.45) is 5.92 Å². The van der Waals surface area contributed by atoms with E-state index in [9.17, 15) is 9.50 Å². The summed E-state index contributed by atoms with van der Waals surface area (Å²) < 4.78 is 13.2. The van der Waals surface area contributed by atoms with E-state index in [2.05, 4.69) is 5.32 Å². The predicted octanol–water partition coefficient (Wildman–Crippen LogP) is 1.93. The van der Waals surface area contributed by atoms with E-state index in [1.165, 1.54) is 6.07 Å². The van der Waals surface area contributed by atoms with Crippen LogP contribution >= 0.6 is 0 Å². The molecule has 0 bridgehead atoms. The molecule has 0 aliphatic carbocycles. The summed E-state index contributed by atoms with van der Waals surface area (Å²) in [4.78, 5) is 0. The van der Waals surface area contributed by atoms with Gasteiger partial charge in [0.25, 0.3) is 0 Å². The topological polar surface area (TPSA) is 32.3 Å². The van der Waals surface area contributed by atoms with Gasteiger partial charge in [0.1, 0.15) is 5.82 Å². The molecule has 0 fully saturated rings. The van der Waals surface area contributed by atoms with Crippen molar-refractivity contribution in [3.8, 4) is 0 Å². The Bertz CT molecular complexity index is 301. The fourth-order valence-electron chi connectivity index (χ4n) is 1.23. The van der Waals surface area contributed by atoms with Crippen LogP contribution in [0.15, 0.2) is 24.3 Å². The van der Waals surface area contributed by atoms with Gasteiger partial charge in [0.2, 0.25) is 0 Å². The van der Waals surface area contributed by atoms with Gasteiger partial charge >= 0.3 is 0 Å². The average Bonchev–Trinajstić information content (AvgIpc) is 2.20. The second-order valence-corrected chi connectivity index (χ2v) is 4.03. The lowest BCUT2D eigenvalue weighted by molar-refractivity contribution is 0.123. The molecule has 0 aliphatic rings. The second-order valence-electron chi connectivity index (χ2n) is 4.03. The Kier molecular flexibility index (Phi) is 4.72. The molecule has 0 saturated carbocycles. The van der Waals surface area contributed by atoms with Gasteiger partial charge in [-0.05, 0) is 12.0 Å². The molecule has 0 spiro atoms. The molecule has 15 heavy (non-hydrogen) atoms. The summed E-state index contributed by atoms with van der Waals surface area (Å²) in [7, 11) is 0. The number of benzene rings is 1. The van der Waals surface area contributed by atoms with E-state index in [0.717, 1.165) is 0 Å². The van der Waals surface area contributed by atoms with Crippen LogP contribution in [0.3, 0.4) is 0 Å². The molecule has 0 saturated heterocycles. The van der Waals surface area contributed by atoms with E-state index in [1.54, 1.807) is 18.2 Å². The second kappa shape index (κ2) is 5.83. The van der Waals surface area contributed by atoms with E-state index in [1.807, 2.05) is 13.8 Å². The van der Waals surface area contributed by atoms with Crippen LogP contribution in [0.25, 0.3) is 0 Å². The maximum Gasteiger partial charge on any atom is 0.127 e. The number of aliphatic hydroxyl groups is 1. The molecule has 1 aromatic carbocycles. The van der Waals surface area contributed by atoms with Gasteiger partial charge in [-0.15, -0.1) is 0 Å². The number of aliphatic hydroxyl groups excluding tert-OH is 1. The molecule has 1 aromatic rings. The third kappa shape index (κ3) is 3.98. The first-order valence-corrected chi connectivity index (χ1v) is 5.23. The van der Waals surface area contributed by atoms with Crippen LogP contribution in [0.4, 0.5) is 4.39 Å². The lowest BCUT2D eigenvalue weighted by atomic mass is 10.1. The Labute approximate surface area is 90.1 Å². The zero-order valence-corrected chi connectivity index (χ0v) is 9.20. The van der Waals surface area contributed by atoms with Crippen LogP contribution in [0.2, 0.25) is 0 Å². The van der Waals surface area contributed by atoms with Gasteiger partial charge in [-0.3, -0.25) is 0 Å². The van der Waals surface area contributed by atoms with Crippen LogP contribution in [-0.2, 0) is 6.54 Å². The first-order chi connectivity index (χ1) is 7.11. The predicted molar refractivity (Wildman–Crippen MR) is 59.0 cm³/mol. The zero-order chi connectivity index (χ0) is 11.3. The summed E-state index contributed by atoms with van der Waals surface area (Å²) in [6.45, 7) is 4.85. The van der Waals surface area contributed by atoms with Gasteiger partial charge in [0.05, 0.1) is 6.10 Å². The van der Waals surface area contributed by atoms with Crippen LogP contribution in [0.5, 0.6) is 0 Å². The minimum absolute atomic E-state index is 0.205. The summed E-state index contributed by atoms with van der Waals surface area (Å²) >= 11 is 0. The summed E-state index contributed by atoms with van der Waals surface area (Å²) in [6, 6.07) is 6.65. The third-order valence-electron chi connectivity index (χ3n) is 2.40. The SMILES string of the molecule is CC(C)C(O)CNCc1ccccc1F. The molecule has 3 heteroatoms. The largest absolute Gasteiger partial charge is 0.392 e. The minimum atomic E-state index is -0.378. The maximum atomic E-state index is 13.2. The fourth-order valence-corrected chi connectivity index (χ4v) is 1.23. The molecule has 1 rings (SSSR count). The molecule has 0 aliphatic heterocycles. The Morgan fingerprint density at radius 2 is 2.00 bits per heavy atom. The normalized spacial score (nSPS) is 13.1. The highest BCUT2D eigenvalue weighted by atomic mass is 19.1. The van der Waals surface area contributed by atoms with Crippen molar-refractivity contribution in [1.82, 2.24) is 5.32 Å². The highest BCUT2D eigenvalue weighted by Crippen LogP contribution is 2.06. The maximum absolute atomic E-state index is 13.2. The zero-order valence-electron chi connectivity index (χ0n) is 9.20. The van der Waals surface area contributed by atoms with Crippen molar-refractivity contribution in [1.29, 1.82) is 0 Å². The number of rotatable bonds is 5. The number of hydrogen-bond donors (Lipinski definition) is 2. The van der Waals surface area contributed by atoms with E-state index < -0.39 is 0 Å². The summed E-state index contributed by atoms with van der Waals surface area (Å²) in [5, 5.41) is 12.6. The molecular weight excluding hydrogens is 193 g/mol. The minimum Gasteiger partial charge on any atom is -0.392 e. The third-order valence-corrected chi connectivity index (χ3v) is 2.40. The van der Waals surface area contributed by atoms with Crippen molar-refractivity contribution < 1.29 is 9.50 Å². The van der Waals surface area contributed by atoms with Crippen LogP contribution in [-0.4, -0.2) is 17.8 Å². The smallest absolute Gasteiger partial charge is 0.127 e. The van der Waals surface area contributed by atoms with E-state index in [-0.39, 0.29) is 17.8 Å². The molecule has 0 radical (unpaired) electrons. The van der Waals surface area contributed by atoms with Crippen LogP contribution in [0, 0.1) is 11.7 Å². The summed E-state index contributed by atoms with van der Waals surface area (Å²) in [5.74, 6) is 0.0159. The molecule has 0 amide bonds. The molecule has 0 aromatic heterocycles. The van der Waals surface area contributed by atoms with Crippen LogP contribution in [0.1, 0.15) is 19.4 Å². The molecule has 2 nitrogen and oxygen atoms in total. The highest BCUT2D eigenvalue weighted by molar-refractivity contribution is 5.16. The molecule has 1 atom stereocenters. The Morgan fingerprint density at radius 1 is 1.33 bits per heavy atom. The van der Waals surface area contributed by atoms with Crippen molar-refractivity contribution in [3.05, 3.63) is 35.6 Å². The summed E-state index contributed by atoms with van der Waals surface area (Å²) in [6.07, 6.45) is -0.378. The Balaban J connectivity index is 2.35. The number of nitrogens with one attached hydrogen (secondary N) is 1. The lowest BCUT2D eigenvalue weighted by Crippen LogP contribution is -2.30. The number of hydrogen-bond acceptors (Lipinski definition) is 2. The monoisotopic (exact) mass is 211 g/mol. The van der Waals surface area contributed by atoms with Gasteiger partial charge < -0.3 is 10.4 Å². The standard InChI is InChI=1S/C12H18FNO/c1-9(2)12(15)8-14-7-10-5-3-4-6-11(10)13/h3-6,9,12,14-15H,7-8H2,1-2H3. The fraction of sp³-hybridized carbons (Fsp3) is 0.500. The molecule has 1 unspecified atom stereocenters. The lowest BCUT2D eigenvalue weighted by Gasteiger charge is -2.15. The van der Waals surface area contributed by atoms with Crippen molar-refractivity contribution in [2.75, 3.05) is 6.54 Å². The van der Waals surface area contributed by atoms with Gasteiger partial charge in [0, 0.05) is 18.7 Å². The highest BCUT2D eigenvalue weighted by Gasteiger charge is 2.08. The molecular formula is C12H18FNO. The van der Waals surface area contributed by atoms with Gasteiger partial charge in [-0.2, -0.15) is 0 Å². The Morgan fingerprint density at radius 3 is 2.60 bits per heavy atom. The van der Waals surface area contributed by atoms with Gasteiger partial charge in [0.15, 0.2) is 0 Å². The van der Waals surface area contributed by atoms with Crippen LogP contribution < -0.4 is 5.32 Å². The quantitative estimate of drug-likeness (QED) is 0.780. The van der Waals surface area contributed by atoms with Gasteiger partial charge in [-0.25, -0.2) is 4.39 Å². The van der Waals surface area contributed by atoms with Crippen molar-refractivity contribution >= 4 is 0 Å². The van der Waals surface area contributed by atoms with Crippen molar-refractivity contribution in [2.45, 2.75) is 26.5 Å². The van der Waals surface area contributed by atoms with Crippen molar-refractivity contribution in [3.63, 3.8) is 0 Å². The average molecular weight is 211 g/mol. The Hall–Kier alpha value is -0.930.